The Balaban J connectivity index is 1.70. The quantitative estimate of drug-likeness (QED) is 0.0204. The van der Waals surface area contributed by atoms with Crippen LogP contribution in [0.15, 0.2) is 36.5 Å². The molecule has 0 saturated carbocycles. The van der Waals surface area contributed by atoms with Crippen molar-refractivity contribution in [2.45, 2.75) is 370 Å². The lowest BCUT2D eigenvalue weighted by Gasteiger charge is -2.46. The van der Waals surface area contributed by atoms with Gasteiger partial charge in [-0.1, -0.05) is 275 Å². The van der Waals surface area contributed by atoms with Gasteiger partial charge in [0, 0.05) is 6.42 Å². The van der Waals surface area contributed by atoms with E-state index >= 15 is 0 Å². The van der Waals surface area contributed by atoms with Crippen LogP contribution in [0, 0.1) is 0 Å². The van der Waals surface area contributed by atoms with E-state index in [1.54, 1.807) is 6.08 Å². The molecule has 2 rings (SSSR count). The van der Waals surface area contributed by atoms with E-state index in [1.807, 2.05) is 6.08 Å². The maximum Gasteiger partial charge on any atom is 0.220 e. The molecule has 0 aromatic carbocycles. The molecule has 0 aromatic rings. The molecule has 12 unspecified atom stereocenters. The van der Waals surface area contributed by atoms with Crippen molar-refractivity contribution < 1.29 is 64.6 Å². The Morgan fingerprint density at radius 3 is 1.22 bits per heavy atom. The normalized spacial score (nSPS) is 24.1. The summed E-state index contributed by atoms with van der Waals surface area (Å²) in [6.45, 7) is 2.83. The van der Waals surface area contributed by atoms with Crippen LogP contribution in [0.25, 0.3) is 0 Å². The monoisotopic (exact) mass is 1170 g/mol. The molecule has 2 aliphatic heterocycles. The van der Waals surface area contributed by atoms with Gasteiger partial charge in [-0.2, -0.15) is 0 Å². The van der Waals surface area contributed by atoms with Crippen LogP contribution in [0.5, 0.6) is 0 Å². The lowest BCUT2D eigenvalue weighted by molar-refractivity contribution is -0.359. The predicted molar refractivity (Wildman–Crippen MR) is 332 cm³/mol. The molecular formula is C68H127NO13. The summed E-state index contributed by atoms with van der Waals surface area (Å²) in [5.74, 6) is -0.236. The number of hydrogen-bond donors (Lipinski definition) is 9. The van der Waals surface area contributed by atoms with Crippen molar-refractivity contribution in [2.24, 2.45) is 0 Å². The third kappa shape index (κ3) is 37.7. The maximum absolute atomic E-state index is 13.3. The smallest absolute Gasteiger partial charge is 0.220 e. The molecule has 0 radical (unpaired) electrons. The number of amides is 1. The second kappa shape index (κ2) is 53.4. The summed E-state index contributed by atoms with van der Waals surface area (Å²) < 4.78 is 22.9. The van der Waals surface area contributed by atoms with Crippen LogP contribution in [0.2, 0.25) is 0 Å². The van der Waals surface area contributed by atoms with Crippen LogP contribution in [0.1, 0.15) is 296 Å². The molecule has 1 amide bonds. The van der Waals surface area contributed by atoms with E-state index in [9.17, 15) is 45.6 Å². The molecule has 2 fully saturated rings. The minimum atomic E-state index is -1.79. The van der Waals surface area contributed by atoms with Gasteiger partial charge in [-0.05, 0) is 51.4 Å². The molecule has 0 bridgehead atoms. The molecule has 0 aromatic heterocycles. The van der Waals surface area contributed by atoms with Gasteiger partial charge < -0.3 is 65.1 Å². The molecule has 2 saturated heterocycles. The summed E-state index contributed by atoms with van der Waals surface area (Å²) in [5.41, 5.74) is 0. The van der Waals surface area contributed by atoms with Crippen molar-refractivity contribution in [1.82, 2.24) is 5.32 Å². The summed E-state index contributed by atoms with van der Waals surface area (Å²) in [6, 6.07) is -0.915. The third-order valence-corrected chi connectivity index (χ3v) is 16.8. The van der Waals surface area contributed by atoms with E-state index < -0.39 is 86.8 Å². The number of rotatable bonds is 56. The maximum atomic E-state index is 13.3. The van der Waals surface area contributed by atoms with Crippen molar-refractivity contribution in [3.63, 3.8) is 0 Å². The summed E-state index contributed by atoms with van der Waals surface area (Å²) in [4.78, 5) is 13.3. The first kappa shape index (κ1) is 76.3. The number of nitrogens with one attached hydrogen (secondary N) is 1. The summed E-state index contributed by atoms with van der Waals surface area (Å²) in [5, 5.41) is 87.4. The minimum absolute atomic E-state index is 0.236. The lowest BCUT2D eigenvalue weighted by Crippen LogP contribution is -2.65. The van der Waals surface area contributed by atoms with Gasteiger partial charge in [0.15, 0.2) is 12.6 Å². The zero-order chi connectivity index (χ0) is 59.5. The Hall–Kier alpha value is -1.79. The highest BCUT2D eigenvalue weighted by Gasteiger charge is 2.51. The first-order chi connectivity index (χ1) is 40.1. The molecule has 482 valence electrons. The first-order valence-corrected chi connectivity index (χ1v) is 34.2. The number of ether oxygens (including phenoxy) is 4. The fourth-order valence-electron chi connectivity index (χ4n) is 11.3. The van der Waals surface area contributed by atoms with Gasteiger partial charge in [0.05, 0.1) is 32.0 Å². The van der Waals surface area contributed by atoms with Crippen LogP contribution in [-0.2, 0) is 23.7 Å². The topological polar surface area (TPSA) is 228 Å². The molecule has 2 heterocycles. The lowest BCUT2D eigenvalue weighted by atomic mass is 9.97. The highest BCUT2D eigenvalue weighted by atomic mass is 16.7. The fourth-order valence-corrected chi connectivity index (χ4v) is 11.3. The van der Waals surface area contributed by atoms with Crippen LogP contribution in [0.4, 0.5) is 0 Å². The van der Waals surface area contributed by atoms with E-state index in [1.165, 1.54) is 225 Å². The molecule has 14 nitrogen and oxygen atoms in total. The Morgan fingerprint density at radius 2 is 0.805 bits per heavy atom. The third-order valence-electron chi connectivity index (χ3n) is 16.8. The van der Waals surface area contributed by atoms with Crippen LogP contribution in [0.3, 0.4) is 0 Å². The molecule has 0 aliphatic carbocycles. The first-order valence-electron chi connectivity index (χ1n) is 34.2. The second-order valence-electron chi connectivity index (χ2n) is 24.3. The van der Waals surface area contributed by atoms with Gasteiger partial charge in [-0.15, -0.1) is 0 Å². The van der Waals surface area contributed by atoms with Crippen molar-refractivity contribution in [1.29, 1.82) is 0 Å². The van der Waals surface area contributed by atoms with Gasteiger partial charge in [0.25, 0.3) is 0 Å². The zero-order valence-corrected chi connectivity index (χ0v) is 52.2. The highest BCUT2D eigenvalue weighted by Crippen LogP contribution is 2.30. The minimum Gasteiger partial charge on any atom is -0.394 e. The number of unbranched alkanes of at least 4 members (excludes halogenated alkanes) is 39. The van der Waals surface area contributed by atoms with E-state index in [-0.39, 0.29) is 18.9 Å². The van der Waals surface area contributed by atoms with Crippen LogP contribution >= 0.6 is 0 Å². The van der Waals surface area contributed by atoms with Gasteiger partial charge in [-0.3, -0.25) is 4.79 Å². The van der Waals surface area contributed by atoms with Crippen molar-refractivity contribution in [2.75, 3.05) is 19.8 Å². The summed E-state index contributed by atoms with van der Waals surface area (Å²) in [7, 11) is 0. The van der Waals surface area contributed by atoms with Crippen molar-refractivity contribution in [3.8, 4) is 0 Å². The average Bonchev–Trinajstić information content (AvgIpc) is 3.56. The largest absolute Gasteiger partial charge is 0.394 e. The molecule has 82 heavy (non-hydrogen) atoms. The van der Waals surface area contributed by atoms with E-state index in [0.29, 0.717) is 6.42 Å². The zero-order valence-electron chi connectivity index (χ0n) is 52.2. The number of aliphatic hydroxyl groups excluding tert-OH is 8. The Labute approximate surface area is 500 Å². The number of hydrogen-bond acceptors (Lipinski definition) is 13. The van der Waals surface area contributed by atoms with Gasteiger partial charge in [0.2, 0.25) is 5.91 Å². The summed E-state index contributed by atoms with van der Waals surface area (Å²) in [6.07, 6.45) is 50.4. The Bertz CT molecular complexity index is 1510. The number of carbonyl (C=O) groups excluding carboxylic acids is 1. The number of aliphatic hydroxyl groups is 8. The number of allylic oxidation sites excluding steroid dienone is 5. The molecular weight excluding hydrogens is 1040 g/mol. The molecule has 9 N–H and O–H groups in total. The van der Waals surface area contributed by atoms with Gasteiger partial charge in [-0.25, -0.2) is 0 Å². The van der Waals surface area contributed by atoms with Gasteiger partial charge >= 0.3 is 0 Å². The SMILES string of the molecule is CCCCCCC/C=C\C/C=C\CCCCCCCCCCCCCCCC(=O)NC(COC1OC(CO)C(OC2OC(CO)C(O)C(O)C2O)C(O)C1O)C(O)/C=C/CCCCCCCCCCCCCCCCCCCCCCC. The Kier molecular flexibility index (Phi) is 49.7. The van der Waals surface area contributed by atoms with E-state index in [0.717, 1.165) is 44.9 Å². The molecule has 12 atom stereocenters. The van der Waals surface area contributed by atoms with Crippen molar-refractivity contribution in [3.05, 3.63) is 36.5 Å². The molecule has 0 spiro atoms. The highest BCUT2D eigenvalue weighted by molar-refractivity contribution is 5.76. The van der Waals surface area contributed by atoms with Crippen molar-refractivity contribution >= 4 is 5.91 Å². The number of carbonyl (C=O) groups is 1. The molecule has 2 aliphatic rings. The van der Waals surface area contributed by atoms with Gasteiger partial charge in [0.1, 0.15) is 48.8 Å². The van der Waals surface area contributed by atoms with Crippen LogP contribution < -0.4 is 5.32 Å². The second-order valence-corrected chi connectivity index (χ2v) is 24.3. The summed E-state index contributed by atoms with van der Waals surface area (Å²) >= 11 is 0. The standard InChI is InChI=1S/C68H127NO13/c1-3-5-7-9-11-13-15-17-19-21-23-25-27-28-30-32-34-36-38-40-42-44-46-48-50-52-60(73)69-56(55-79-67-65(78)63(76)66(59(54-71)81-67)82-68-64(77)62(75)61(74)58(53-70)80-68)57(72)51-49-47-45-43-41-39-37-35-33-31-29-26-24-22-20-18-16-14-12-10-8-6-4-2/h15,17,21,23,49,51,56-59,61-68,70-72,74-78H,3-14,16,18-20,22,24-48,50,52-55H2,1-2H3,(H,69,73)/b17-15-,23-21-,51-49+. The van der Waals surface area contributed by atoms with E-state index in [4.69, 9.17) is 18.9 Å². The molecule has 14 heteroatoms. The Morgan fingerprint density at radius 1 is 0.439 bits per heavy atom. The van der Waals surface area contributed by atoms with Crippen LogP contribution in [-0.4, -0.2) is 140 Å². The fraction of sp³-hybridized carbons (Fsp3) is 0.897. The van der Waals surface area contributed by atoms with E-state index in [2.05, 4.69) is 43.5 Å². The average molecular weight is 1170 g/mol. The predicted octanol–water partition coefficient (Wildman–Crippen LogP) is 13.3.